The molecule has 2 aromatic carbocycles. The first-order chi connectivity index (χ1) is 13.9. The summed E-state index contributed by atoms with van der Waals surface area (Å²) in [7, 11) is 0. The predicted molar refractivity (Wildman–Crippen MR) is 99.1 cm³/mol. The highest BCUT2D eigenvalue weighted by molar-refractivity contribution is 5.95. The molecule has 0 atom stereocenters. The zero-order valence-electron chi connectivity index (χ0n) is 16.2. The fourth-order valence-corrected chi connectivity index (χ4v) is 3.53. The predicted octanol–water partition coefficient (Wildman–Crippen LogP) is 4.12. The number of carboxylic acids is 1. The van der Waals surface area contributed by atoms with Crippen LogP contribution in [0.4, 0.5) is 13.2 Å². The third-order valence-electron chi connectivity index (χ3n) is 4.93. The van der Waals surface area contributed by atoms with Gasteiger partial charge in [-0.1, -0.05) is 0 Å². The molecule has 0 radical (unpaired) electrons. The Kier molecular flexibility index (Phi) is 4.44. The molecule has 0 unspecified atom stereocenters. The van der Waals surface area contributed by atoms with Crippen molar-refractivity contribution in [3.05, 3.63) is 52.8 Å². The Morgan fingerprint density at radius 1 is 1.10 bits per heavy atom. The van der Waals surface area contributed by atoms with Gasteiger partial charge in [0.2, 0.25) is 0 Å². The van der Waals surface area contributed by atoms with Gasteiger partial charge in [-0.05, 0) is 44.2 Å². The van der Waals surface area contributed by atoms with Gasteiger partial charge in [0, 0.05) is 17.5 Å². The maximum absolute atomic E-state index is 14.6. The summed E-state index contributed by atoms with van der Waals surface area (Å²) in [6, 6.07) is 6.07. The number of likely N-dealkylation sites (tertiary alicyclic amines) is 1. The summed E-state index contributed by atoms with van der Waals surface area (Å²) in [6.45, 7) is 2.26. The lowest BCUT2D eigenvalue weighted by molar-refractivity contribution is -0.113. The number of carbonyl (C=O) groups is 2. The van der Waals surface area contributed by atoms with Crippen LogP contribution in [-0.2, 0) is 6.42 Å². The topological polar surface area (TPSA) is 76.1 Å². The Bertz CT molecular complexity index is 1060. The van der Waals surface area contributed by atoms with Crippen molar-refractivity contribution in [1.82, 2.24) is 4.90 Å². The molecule has 0 aliphatic carbocycles. The van der Waals surface area contributed by atoms with Gasteiger partial charge in [-0.3, -0.25) is 4.79 Å². The highest BCUT2D eigenvalue weighted by atomic mass is 19.3. The van der Waals surface area contributed by atoms with Crippen molar-refractivity contribution in [3.8, 4) is 17.2 Å². The minimum atomic E-state index is -2.91. The molecule has 0 bridgehead atoms. The zero-order chi connectivity index (χ0) is 21.8. The number of amides is 1. The van der Waals surface area contributed by atoms with E-state index in [0.717, 1.165) is 11.0 Å². The molecule has 1 N–H and O–H groups in total. The smallest absolute Gasteiger partial charge is 0.335 e. The number of carboxylic acid groups (broad SMARTS) is 1. The molecule has 30 heavy (non-hydrogen) atoms. The van der Waals surface area contributed by atoms with Crippen LogP contribution in [0.3, 0.4) is 0 Å². The van der Waals surface area contributed by atoms with Gasteiger partial charge in [-0.15, -0.1) is 0 Å². The molecular weight excluding hydrogens is 403 g/mol. The zero-order valence-corrected chi connectivity index (χ0v) is 16.2. The Morgan fingerprint density at radius 3 is 2.40 bits per heavy atom. The number of fused-ring (bicyclic) bond motifs is 1. The molecule has 2 aliphatic heterocycles. The van der Waals surface area contributed by atoms with E-state index in [1.54, 1.807) is 0 Å². The molecule has 0 saturated carbocycles. The first kappa shape index (κ1) is 20.1. The summed E-state index contributed by atoms with van der Waals surface area (Å²) in [6.07, 6.45) is 0.429. The van der Waals surface area contributed by atoms with Crippen LogP contribution in [0.5, 0.6) is 17.2 Å². The summed E-state index contributed by atoms with van der Waals surface area (Å²) in [5, 5.41) is 9.33. The number of aromatic carboxylic acids is 1. The van der Waals surface area contributed by atoms with Crippen LogP contribution in [0.1, 0.15) is 40.1 Å². The number of alkyl halides is 2. The number of nitrogens with zero attached hydrogens (tertiary/aromatic N) is 1. The fourth-order valence-electron chi connectivity index (χ4n) is 3.53. The monoisotopic (exact) mass is 421 g/mol. The highest BCUT2D eigenvalue weighted by Gasteiger charge is 2.46. The molecule has 0 aromatic heterocycles. The lowest BCUT2D eigenvalue weighted by Gasteiger charge is -2.38. The normalized spacial score (nSPS) is 18.2. The van der Waals surface area contributed by atoms with Gasteiger partial charge in [0.1, 0.15) is 17.1 Å². The van der Waals surface area contributed by atoms with Crippen LogP contribution < -0.4 is 9.47 Å². The van der Waals surface area contributed by atoms with Crippen LogP contribution in [0.25, 0.3) is 0 Å². The highest BCUT2D eigenvalue weighted by Crippen LogP contribution is 2.43. The molecule has 6 nitrogen and oxygen atoms in total. The quantitative estimate of drug-likeness (QED) is 0.804. The molecule has 158 valence electrons. The van der Waals surface area contributed by atoms with Gasteiger partial charge in [-0.2, -0.15) is 0 Å². The van der Waals surface area contributed by atoms with E-state index in [1.807, 2.05) is 13.8 Å². The minimum Gasteiger partial charge on any atom is -0.487 e. The number of hydrogen-bond donors (Lipinski definition) is 1. The van der Waals surface area contributed by atoms with E-state index in [-0.39, 0.29) is 22.6 Å². The summed E-state index contributed by atoms with van der Waals surface area (Å²) in [5.74, 6) is -5.42. The molecule has 1 saturated heterocycles. The van der Waals surface area contributed by atoms with E-state index < -0.39 is 42.3 Å². The molecule has 2 aliphatic rings. The minimum absolute atomic E-state index is 0.0765. The summed E-state index contributed by atoms with van der Waals surface area (Å²) < 4.78 is 51.9. The van der Waals surface area contributed by atoms with Crippen LogP contribution >= 0.6 is 0 Å². The molecule has 1 amide bonds. The number of hydrogen-bond acceptors (Lipinski definition) is 4. The van der Waals surface area contributed by atoms with Crippen molar-refractivity contribution in [3.63, 3.8) is 0 Å². The van der Waals surface area contributed by atoms with E-state index in [4.69, 9.17) is 9.47 Å². The average molecular weight is 421 g/mol. The van der Waals surface area contributed by atoms with Gasteiger partial charge in [0.05, 0.1) is 18.7 Å². The Morgan fingerprint density at radius 2 is 1.80 bits per heavy atom. The molecular formula is C21H18F3NO5. The summed E-state index contributed by atoms with van der Waals surface area (Å²) in [4.78, 5) is 24.5. The first-order valence-corrected chi connectivity index (χ1v) is 9.18. The van der Waals surface area contributed by atoms with E-state index in [1.165, 1.54) is 24.3 Å². The molecule has 0 spiro atoms. The van der Waals surface area contributed by atoms with E-state index in [9.17, 15) is 27.9 Å². The maximum atomic E-state index is 14.6. The average Bonchev–Trinajstić information content (AvgIpc) is 2.94. The van der Waals surface area contributed by atoms with Crippen LogP contribution in [0, 0.1) is 5.82 Å². The molecule has 1 fully saturated rings. The number of benzene rings is 2. The Labute approximate surface area is 169 Å². The van der Waals surface area contributed by atoms with Crippen molar-refractivity contribution in [2.24, 2.45) is 0 Å². The molecule has 2 heterocycles. The lowest BCUT2D eigenvalue weighted by Crippen LogP contribution is -2.58. The second-order valence-electron chi connectivity index (χ2n) is 8.06. The third-order valence-corrected chi connectivity index (χ3v) is 4.93. The van der Waals surface area contributed by atoms with E-state index in [2.05, 4.69) is 0 Å². The van der Waals surface area contributed by atoms with Gasteiger partial charge >= 0.3 is 5.97 Å². The number of ether oxygens (including phenoxy) is 2. The van der Waals surface area contributed by atoms with Gasteiger partial charge in [0.15, 0.2) is 11.6 Å². The standard InChI is InChI=1S/C21H18F3NO5/c1-20(2)8-13-16(6-12(19(27)28)7-17(13)30-20)29-15-4-3-11(5-14(15)22)18(26)25-9-21(23,24)10-25/h3-7H,8-10H2,1-2H3,(H,27,28). The second kappa shape index (κ2) is 6.65. The van der Waals surface area contributed by atoms with Gasteiger partial charge in [-0.25, -0.2) is 18.0 Å². The van der Waals surface area contributed by atoms with Crippen molar-refractivity contribution in [1.29, 1.82) is 0 Å². The Balaban J connectivity index is 1.61. The number of halogens is 3. The summed E-state index contributed by atoms with van der Waals surface area (Å²) in [5.41, 5.74) is -0.129. The summed E-state index contributed by atoms with van der Waals surface area (Å²) >= 11 is 0. The number of carbonyl (C=O) groups excluding carboxylic acids is 1. The van der Waals surface area contributed by atoms with E-state index >= 15 is 0 Å². The molecule has 4 rings (SSSR count). The fraction of sp³-hybridized carbons (Fsp3) is 0.333. The third kappa shape index (κ3) is 3.67. The second-order valence-corrected chi connectivity index (χ2v) is 8.06. The van der Waals surface area contributed by atoms with Crippen LogP contribution in [-0.4, -0.2) is 46.5 Å². The largest absolute Gasteiger partial charge is 0.487 e. The number of rotatable bonds is 4. The van der Waals surface area contributed by atoms with Gasteiger partial charge in [0.25, 0.3) is 11.8 Å². The van der Waals surface area contributed by atoms with Gasteiger partial charge < -0.3 is 19.5 Å². The van der Waals surface area contributed by atoms with E-state index in [0.29, 0.717) is 17.7 Å². The van der Waals surface area contributed by atoms with Crippen LogP contribution in [0.15, 0.2) is 30.3 Å². The van der Waals surface area contributed by atoms with Crippen molar-refractivity contribution >= 4 is 11.9 Å². The lowest BCUT2D eigenvalue weighted by atomic mass is 10.00. The first-order valence-electron chi connectivity index (χ1n) is 9.18. The van der Waals surface area contributed by atoms with Crippen LogP contribution in [0.2, 0.25) is 0 Å². The molecule has 9 heteroatoms. The van der Waals surface area contributed by atoms with Crippen molar-refractivity contribution < 1.29 is 37.3 Å². The molecule has 2 aromatic rings. The maximum Gasteiger partial charge on any atom is 0.335 e. The Hall–Kier alpha value is -3.23. The van der Waals surface area contributed by atoms with Crippen molar-refractivity contribution in [2.45, 2.75) is 31.8 Å². The van der Waals surface area contributed by atoms with Crippen molar-refractivity contribution in [2.75, 3.05) is 13.1 Å². The SMILES string of the molecule is CC1(C)Cc2c(Oc3ccc(C(=O)N4CC(F)(F)C4)cc3F)cc(C(=O)O)cc2O1.